The molecule has 0 aliphatic heterocycles. The lowest BCUT2D eigenvalue weighted by atomic mass is 10.2. The average molecular weight is 241 g/mol. The fourth-order valence-corrected chi connectivity index (χ4v) is 2.33. The summed E-state index contributed by atoms with van der Waals surface area (Å²) in [5.41, 5.74) is 0.926. The molecule has 1 rings (SSSR count). The summed E-state index contributed by atoms with van der Waals surface area (Å²) in [5.74, 6) is 0.0464. The number of aromatic nitrogens is 1. The van der Waals surface area contributed by atoms with Gasteiger partial charge in [0.25, 0.3) is 5.91 Å². The third kappa shape index (κ3) is 2.95. The number of thiazole rings is 1. The number of nitrogens with one attached hydrogen (secondary N) is 1. The van der Waals surface area contributed by atoms with Crippen LogP contribution >= 0.6 is 11.3 Å². The van der Waals surface area contributed by atoms with Crippen molar-refractivity contribution < 1.29 is 4.79 Å². The molecule has 1 N–H and O–H groups in total. The van der Waals surface area contributed by atoms with Crippen molar-refractivity contribution in [2.24, 2.45) is 0 Å². The lowest BCUT2D eigenvalue weighted by molar-refractivity contribution is 0.0831. The van der Waals surface area contributed by atoms with E-state index in [9.17, 15) is 4.79 Å². The van der Waals surface area contributed by atoms with Crippen LogP contribution in [0.3, 0.4) is 0 Å². The highest BCUT2D eigenvalue weighted by molar-refractivity contribution is 7.17. The van der Waals surface area contributed by atoms with E-state index in [2.05, 4.69) is 17.2 Å². The van der Waals surface area contributed by atoms with Crippen LogP contribution in [0.4, 0.5) is 5.13 Å². The second-order valence-electron chi connectivity index (χ2n) is 3.85. The highest BCUT2D eigenvalue weighted by Gasteiger charge is 2.18. The first kappa shape index (κ1) is 13.0. The number of hydrogen-bond donors (Lipinski definition) is 1. The molecule has 16 heavy (non-hydrogen) atoms. The number of hydrogen-bond acceptors (Lipinski definition) is 4. The maximum absolute atomic E-state index is 11.9. The van der Waals surface area contributed by atoms with Gasteiger partial charge in [0, 0.05) is 21.1 Å². The van der Waals surface area contributed by atoms with E-state index in [4.69, 9.17) is 0 Å². The Morgan fingerprint density at radius 3 is 2.69 bits per heavy atom. The average Bonchev–Trinajstić information content (AvgIpc) is 2.68. The van der Waals surface area contributed by atoms with Gasteiger partial charge in [0.2, 0.25) is 0 Å². The van der Waals surface area contributed by atoms with Crippen LogP contribution < -0.4 is 5.32 Å². The molecule has 0 aliphatic carbocycles. The van der Waals surface area contributed by atoms with Crippen molar-refractivity contribution in [2.75, 3.05) is 26.5 Å². The number of nitrogens with zero attached hydrogens (tertiary/aromatic N) is 2. The third-order valence-electron chi connectivity index (χ3n) is 2.28. The normalized spacial score (nSPS) is 10.2. The Bertz CT molecular complexity index is 360. The van der Waals surface area contributed by atoms with Crippen LogP contribution in [-0.2, 0) is 6.42 Å². The molecule has 0 bridgehead atoms. The van der Waals surface area contributed by atoms with Crippen LogP contribution in [0.1, 0.15) is 35.1 Å². The van der Waals surface area contributed by atoms with E-state index in [-0.39, 0.29) is 5.91 Å². The third-order valence-corrected chi connectivity index (χ3v) is 3.38. The monoisotopic (exact) mass is 241 g/mol. The van der Waals surface area contributed by atoms with Crippen molar-refractivity contribution in [3.63, 3.8) is 0 Å². The first-order valence-corrected chi connectivity index (χ1v) is 6.30. The van der Waals surface area contributed by atoms with Gasteiger partial charge in [0.1, 0.15) is 4.88 Å². The van der Waals surface area contributed by atoms with Gasteiger partial charge in [-0.15, -0.1) is 0 Å². The predicted molar refractivity (Wildman–Crippen MR) is 68.3 cm³/mol. The largest absolute Gasteiger partial charge is 0.365 e. The molecule has 0 saturated carbocycles. The van der Waals surface area contributed by atoms with Gasteiger partial charge in [0.15, 0.2) is 5.13 Å². The van der Waals surface area contributed by atoms with Gasteiger partial charge in [0.05, 0.1) is 5.69 Å². The SMILES string of the molecule is CCCCc1nc(NC)sc1C(=O)N(C)C. The van der Waals surface area contributed by atoms with E-state index in [1.165, 1.54) is 11.3 Å². The molecule has 0 saturated heterocycles. The molecule has 5 heteroatoms. The molecule has 1 heterocycles. The summed E-state index contributed by atoms with van der Waals surface area (Å²) in [7, 11) is 5.36. The van der Waals surface area contributed by atoms with E-state index in [1.807, 2.05) is 7.05 Å². The van der Waals surface area contributed by atoms with Crippen LogP contribution in [0.2, 0.25) is 0 Å². The van der Waals surface area contributed by atoms with Crippen LogP contribution in [0.15, 0.2) is 0 Å². The van der Waals surface area contributed by atoms with E-state index < -0.39 is 0 Å². The molecular formula is C11H19N3OS. The van der Waals surface area contributed by atoms with Crippen molar-refractivity contribution in [1.82, 2.24) is 9.88 Å². The minimum absolute atomic E-state index is 0.0464. The smallest absolute Gasteiger partial charge is 0.265 e. The zero-order valence-electron chi connectivity index (χ0n) is 10.3. The minimum atomic E-state index is 0.0464. The van der Waals surface area contributed by atoms with Gasteiger partial charge in [-0.05, 0) is 12.8 Å². The summed E-state index contributed by atoms with van der Waals surface area (Å²) in [6.07, 6.45) is 3.06. The maximum atomic E-state index is 11.9. The number of unbranched alkanes of at least 4 members (excludes halogenated alkanes) is 1. The molecule has 0 fully saturated rings. The zero-order valence-corrected chi connectivity index (χ0v) is 11.1. The van der Waals surface area contributed by atoms with E-state index in [1.54, 1.807) is 19.0 Å². The molecule has 0 atom stereocenters. The number of anilines is 1. The molecule has 4 nitrogen and oxygen atoms in total. The Kier molecular flexibility index (Phi) is 4.73. The highest BCUT2D eigenvalue weighted by Crippen LogP contribution is 2.25. The fourth-order valence-electron chi connectivity index (χ4n) is 1.34. The molecule has 0 unspecified atom stereocenters. The highest BCUT2D eigenvalue weighted by atomic mass is 32.1. The van der Waals surface area contributed by atoms with Crippen LogP contribution in [0, 0.1) is 0 Å². The van der Waals surface area contributed by atoms with Gasteiger partial charge >= 0.3 is 0 Å². The Labute approximate surface area is 101 Å². The molecule has 90 valence electrons. The lowest BCUT2D eigenvalue weighted by Crippen LogP contribution is -2.21. The van der Waals surface area contributed by atoms with Gasteiger partial charge < -0.3 is 10.2 Å². The van der Waals surface area contributed by atoms with Crippen molar-refractivity contribution in [3.05, 3.63) is 10.6 Å². The Morgan fingerprint density at radius 2 is 2.19 bits per heavy atom. The molecule has 0 aliphatic rings. The standard InChI is InChI=1S/C11H19N3OS/c1-5-6-7-8-9(10(15)14(3)4)16-11(12-2)13-8/h5-7H2,1-4H3,(H,12,13). The maximum Gasteiger partial charge on any atom is 0.265 e. The molecule has 0 radical (unpaired) electrons. The second kappa shape index (κ2) is 5.84. The summed E-state index contributed by atoms with van der Waals surface area (Å²) >= 11 is 1.43. The first-order valence-electron chi connectivity index (χ1n) is 5.49. The summed E-state index contributed by atoms with van der Waals surface area (Å²) < 4.78 is 0. The summed E-state index contributed by atoms with van der Waals surface area (Å²) in [6, 6.07) is 0. The minimum Gasteiger partial charge on any atom is -0.365 e. The molecular weight excluding hydrogens is 222 g/mol. The molecule has 0 aromatic carbocycles. The van der Waals surface area contributed by atoms with Crippen LogP contribution in [0.5, 0.6) is 0 Å². The summed E-state index contributed by atoms with van der Waals surface area (Å²) in [6.45, 7) is 2.14. The van der Waals surface area contributed by atoms with E-state index in [0.29, 0.717) is 0 Å². The van der Waals surface area contributed by atoms with Gasteiger partial charge in [-0.3, -0.25) is 4.79 Å². The van der Waals surface area contributed by atoms with Gasteiger partial charge in [-0.1, -0.05) is 24.7 Å². The van der Waals surface area contributed by atoms with Crippen LogP contribution in [0.25, 0.3) is 0 Å². The molecule has 1 amide bonds. The number of carbonyl (C=O) groups is 1. The zero-order chi connectivity index (χ0) is 12.1. The van der Waals surface area contributed by atoms with Crippen molar-refractivity contribution in [1.29, 1.82) is 0 Å². The Morgan fingerprint density at radius 1 is 1.50 bits per heavy atom. The van der Waals surface area contributed by atoms with Crippen LogP contribution in [-0.4, -0.2) is 36.9 Å². The summed E-state index contributed by atoms with van der Waals surface area (Å²) in [4.78, 5) is 18.7. The van der Waals surface area contributed by atoms with Crippen molar-refractivity contribution >= 4 is 22.4 Å². The fraction of sp³-hybridized carbons (Fsp3) is 0.636. The summed E-state index contributed by atoms with van der Waals surface area (Å²) in [5, 5.41) is 3.81. The molecule has 1 aromatic heterocycles. The Hall–Kier alpha value is -1.10. The van der Waals surface area contributed by atoms with Gasteiger partial charge in [-0.25, -0.2) is 4.98 Å². The second-order valence-corrected chi connectivity index (χ2v) is 4.85. The van der Waals surface area contributed by atoms with E-state index in [0.717, 1.165) is 35.0 Å². The van der Waals surface area contributed by atoms with E-state index >= 15 is 0 Å². The predicted octanol–water partition coefficient (Wildman–Crippen LogP) is 2.23. The number of amides is 1. The van der Waals surface area contributed by atoms with Crippen molar-refractivity contribution in [3.8, 4) is 0 Å². The molecule has 1 aromatic rings. The number of carbonyl (C=O) groups excluding carboxylic acids is 1. The van der Waals surface area contributed by atoms with Gasteiger partial charge in [-0.2, -0.15) is 0 Å². The quantitative estimate of drug-likeness (QED) is 0.860. The molecule has 0 spiro atoms. The number of aryl methyl sites for hydroxylation is 1. The first-order chi connectivity index (χ1) is 7.60. The lowest BCUT2D eigenvalue weighted by Gasteiger charge is -2.09. The number of rotatable bonds is 5. The van der Waals surface area contributed by atoms with Crippen molar-refractivity contribution in [2.45, 2.75) is 26.2 Å². The topological polar surface area (TPSA) is 45.2 Å². The Balaban J connectivity index is 2.95.